The van der Waals surface area contributed by atoms with Gasteiger partial charge in [-0.15, -0.1) is 0 Å². The van der Waals surface area contributed by atoms with E-state index in [9.17, 15) is 9.36 Å². The van der Waals surface area contributed by atoms with E-state index in [-0.39, 0.29) is 11.7 Å². The van der Waals surface area contributed by atoms with Gasteiger partial charge >= 0.3 is 7.60 Å². The second kappa shape index (κ2) is 8.45. The van der Waals surface area contributed by atoms with Crippen LogP contribution in [0.5, 0.6) is 0 Å². The summed E-state index contributed by atoms with van der Waals surface area (Å²) in [7, 11) is -3.09. The van der Waals surface area contributed by atoms with E-state index in [1.807, 2.05) is 6.92 Å². The van der Waals surface area contributed by atoms with E-state index in [4.69, 9.17) is 9.05 Å². The maximum atomic E-state index is 12.3. The molecule has 0 radical (unpaired) electrons. The lowest BCUT2D eigenvalue weighted by atomic mass is 10.3. The molecule has 0 aliphatic rings. The zero-order valence-corrected chi connectivity index (χ0v) is 11.8. The van der Waals surface area contributed by atoms with Gasteiger partial charge in [0, 0.05) is 6.04 Å². The average molecular weight is 263 g/mol. The first kappa shape index (κ1) is 16.4. The zero-order valence-electron chi connectivity index (χ0n) is 10.9. The van der Waals surface area contributed by atoms with E-state index in [1.54, 1.807) is 32.9 Å². The molecule has 0 rings (SSSR count). The molecule has 0 bridgehead atoms. The van der Waals surface area contributed by atoms with Gasteiger partial charge in [-0.1, -0.05) is 12.2 Å². The molecule has 2 unspecified atom stereocenters. The number of amides is 1. The summed E-state index contributed by atoms with van der Waals surface area (Å²) in [5.41, 5.74) is -0.335. The molecule has 0 aliphatic heterocycles. The molecule has 100 valence electrons. The molecule has 0 fully saturated rings. The van der Waals surface area contributed by atoms with E-state index < -0.39 is 7.60 Å². The summed E-state index contributed by atoms with van der Waals surface area (Å²) in [6.45, 7) is 7.84. The molecule has 0 aromatic carbocycles. The van der Waals surface area contributed by atoms with E-state index >= 15 is 0 Å². The number of hydrogen-bond donors (Lipinski definition) is 1. The average Bonchev–Trinajstić information content (AvgIpc) is 2.27. The molecule has 17 heavy (non-hydrogen) atoms. The molecule has 1 amide bonds. The Kier molecular flexibility index (Phi) is 8.13. The maximum Gasteiger partial charge on any atom is 0.337 e. The van der Waals surface area contributed by atoms with Crippen molar-refractivity contribution in [3.63, 3.8) is 0 Å². The zero-order chi connectivity index (χ0) is 13.3. The number of rotatable bonds is 9. The van der Waals surface area contributed by atoms with Crippen molar-refractivity contribution in [2.75, 3.05) is 13.2 Å². The van der Waals surface area contributed by atoms with Crippen molar-refractivity contribution < 1.29 is 18.4 Å². The van der Waals surface area contributed by atoms with Gasteiger partial charge in [0.05, 0.1) is 18.9 Å². The number of carbonyl (C=O) groups is 1. The van der Waals surface area contributed by atoms with E-state index in [1.165, 1.54) is 0 Å². The number of carbonyl (C=O) groups excluding carboxylic acids is 1. The minimum absolute atomic E-state index is 0.105. The van der Waals surface area contributed by atoms with Crippen molar-refractivity contribution in [3.8, 4) is 0 Å². The van der Waals surface area contributed by atoms with Crippen molar-refractivity contribution in [3.05, 3.63) is 12.2 Å². The summed E-state index contributed by atoms with van der Waals surface area (Å²) in [6, 6.07) is -0.105. The molecule has 2 atom stereocenters. The van der Waals surface area contributed by atoms with Crippen LogP contribution in [-0.4, -0.2) is 31.3 Å². The van der Waals surface area contributed by atoms with E-state index in [0.29, 0.717) is 19.6 Å². The van der Waals surface area contributed by atoms with Crippen molar-refractivity contribution in [2.45, 2.75) is 39.4 Å². The fourth-order valence-corrected chi connectivity index (χ4v) is 2.80. The third kappa shape index (κ3) is 6.01. The molecule has 0 spiro atoms. The lowest BCUT2D eigenvalue weighted by Crippen LogP contribution is -2.22. The Morgan fingerprint density at radius 2 is 1.71 bits per heavy atom. The van der Waals surface area contributed by atoms with Gasteiger partial charge in [-0.3, -0.25) is 9.36 Å². The Balaban J connectivity index is 4.56. The predicted octanol–water partition coefficient (Wildman–Crippen LogP) is 2.33. The van der Waals surface area contributed by atoms with Crippen LogP contribution >= 0.6 is 7.60 Å². The molecule has 1 N–H and O–H groups in total. The van der Waals surface area contributed by atoms with Crippen LogP contribution < -0.4 is 5.32 Å². The van der Waals surface area contributed by atoms with Crippen LogP contribution in [-0.2, 0) is 18.4 Å². The predicted molar refractivity (Wildman–Crippen MR) is 68.1 cm³/mol. The Morgan fingerprint density at radius 1 is 1.18 bits per heavy atom. The van der Waals surface area contributed by atoms with Gasteiger partial charge in [-0.2, -0.15) is 0 Å². The SMILES string of the molecule is CCOP(=O)(OCC)C(C)/C=C/C(C)NC=O. The Bertz CT molecular complexity index is 283. The minimum atomic E-state index is -3.09. The Morgan fingerprint density at radius 3 is 2.12 bits per heavy atom. The fourth-order valence-electron chi connectivity index (χ4n) is 1.23. The highest BCUT2D eigenvalue weighted by molar-refractivity contribution is 7.54. The summed E-state index contributed by atoms with van der Waals surface area (Å²) >= 11 is 0. The molecule has 0 saturated heterocycles. The van der Waals surface area contributed by atoms with Crippen molar-refractivity contribution in [1.82, 2.24) is 5.32 Å². The van der Waals surface area contributed by atoms with Gasteiger partial charge in [0.25, 0.3) is 0 Å². The van der Waals surface area contributed by atoms with Gasteiger partial charge in [-0.05, 0) is 27.7 Å². The van der Waals surface area contributed by atoms with Gasteiger partial charge < -0.3 is 14.4 Å². The standard InChI is InChI=1S/C11H22NO4P/c1-5-15-17(14,16-6-2)11(4)8-7-10(3)12-9-13/h7-11H,5-6H2,1-4H3,(H,12,13)/b8-7+. The normalized spacial score (nSPS) is 15.8. The molecule has 0 heterocycles. The molecular weight excluding hydrogens is 241 g/mol. The van der Waals surface area contributed by atoms with Crippen LogP contribution in [0.3, 0.4) is 0 Å². The maximum absolute atomic E-state index is 12.3. The van der Waals surface area contributed by atoms with Crippen molar-refractivity contribution in [2.24, 2.45) is 0 Å². The number of allylic oxidation sites excluding steroid dienone is 1. The largest absolute Gasteiger partial charge is 0.353 e. The van der Waals surface area contributed by atoms with Gasteiger partial charge in [0.2, 0.25) is 6.41 Å². The second-order valence-electron chi connectivity index (χ2n) is 3.57. The molecule has 0 aromatic heterocycles. The minimum Gasteiger partial charge on any atom is -0.353 e. The molecule has 5 nitrogen and oxygen atoms in total. The molecule has 0 aliphatic carbocycles. The Labute approximate surface area is 103 Å². The monoisotopic (exact) mass is 263 g/mol. The highest BCUT2D eigenvalue weighted by atomic mass is 31.2. The highest BCUT2D eigenvalue weighted by Crippen LogP contribution is 2.53. The second-order valence-corrected chi connectivity index (χ2v) is 5.98. The van der Waals surface area contributed by atoms with Crippen LogP contribution in [0.25, 0.3) is 0 Å². The van der Waals surface area contributed by atoms with Gasteiger partial charge in [0.15, 0.2) is 0 Å². The quantitative estimate of drug-likeness (QED) is 0.394. The third-order valence-corrected chi connectivity index (χ3v) is 4.53. The van der Waals surface area contributed by atoms with Crippen LogP contribution in [0.2, 0.25) is 0 Å². The molecule has 0 aromatic rings. The Hall–Kier alpha value is -0.640. The summed E-state index contributed by atoms with van der Waals surface area (Å²) in [6.07, 6.45) is 4.14. The smallest absolute Gasteiger partial charge is 0.337 e. The van der Waals surface area contributed by atoms with Crippen LogP contribution in [0.4, 0.5) is 0 Å². The van der Waals surface area contributed by atoms with Crippen LogP contribution in [0.1, 0.15) is 27.7 Å². The first-order chi connectivity index (χ1) is 8.00. The fraction of sp³-hybridized carbons (Fsp3) is 0.727. The van der Waals surface area contributed by atoms with Crippen LogP contribution in [0.15, 0.2) is 12.2 Å². The first-order valence-electron chi connectivity index (χ1n) is 5.77. The third-order valence-electron chi connectivity index (χ3n) is 2.13. The van der Waals surface area contributed by atoms with Gasteiger partial charge in [-0.25, -0.2) is 0 Å². The highest BCUT2D eigenvalue weighted by Gasteiger charge is 2.29. The molecule has 0 saturated carbocycles. The van der Waals surface area contributed by atoms with Crippen LogP contribution in [0, 0.1) is 0 Å². The number of hydrogen-bond acceptors (Lipinski definition) is 4. The molecular formula is C11H22NO4P. The van der Waals surface area contributed by atoms with Crippen molar-refractivity contribution in [1.29, 1.82) is 0 Å². The van der Waals surface area contributed by atoms with E-state index in [2.05, 4.69) is 5.32 Å². The van der Waals surface area contributed by atoms with Crippen molar-refractivity contribution >= 4 is 14.0 Å². The van der Waals surface area contributed by atoms with E-state index in [0.717, 1.165) is 0 Å². The lowest BCUT2D eigenvalue weighted by molar-refractivity contribution is -0.109. The lowest BCUT2D eigenvalue weighted by Gasteiger charge is -2.21. The van der Waals surface area contributed by atoms with Gasteiger partial charge in [0.1, 0.15) is 0 Å². The first-order valence-corrected chi connectivity index (χ1v) is 7.38. The summed E-state index contributed by atoms with van der Waals surface area (Å²) in [5, 5.41) is 2.58. The summed E-state index contributed by atoms with van der Waals surface area (Å²) in [5.74, 6) is 0. The summed E-state index contributed by atoms with van der Waals surface area (Å²) < 4.78 is 22.7. The topological polar surface area (TPSA) is 64.6 Å². The summed E-state index contributed by atoms with van der Waals surface area (Å²) in [4.78, 5) is 10.2. The molecule has 6 heteroatoms. The number of nitrogens with one attached hydrogen (secondary N) is 1.